The average molecular weight is 308 g/mol. The van der Waals surface area contributed by atoms with Crippen molar-refractivity contribution in [3.63, 3.8) is 0 Å². The molecule has 0 atom stereocenters. The molecule has 0 saturated carbocycles. The molecule has 2 rings (SSSR count). The van der Waals surface area contributed by atoms with Gasteiger partial charge in [-0.1, -0.05) is 29.8 Å². The predicted octanol–water partition coefficient (Wildman–Crippen LogP) is 3.68. The zero-order valence-electron chi connectivity index (χ0n) is 11.3. The van der Waals surface area contributed by atoms with Crippen LogP contribution in [0.2, 0.25) is 5.02 Å². The second kappa shape index (κ2) is 7.64. The van der Waals surface area contributed by atoms with E-state index >= 15 is 0 Å². The maximum Gasteiger partial charge on any atom is 0.252 e. The lowest BCUT2D eigenvalue weighted by molar-refractivity contribution is 0.0951. The van der Waals surface area contributed by atoms with Crippen LogP contribution in [0, 0.1) is 5.82 Å². The average Bonchev–Trinajstić information content (AvgIpc) is 2.47. The number of halogens is 2. The first kappa shape index (κ1) is 15.3. The molecule has 0 aromatic heterocycles. The molecule has 21 heavy (non-hydrogen) atoms. The van der Waals surface area contributed by atoms with Gasteiger partial charge in [-0.2, -0.15) is 0 Å². The Hall–Kier alpha value is -2.07. The van der Waals surface area contributed by atoms with E-state index in [0.717, 1.165) is 11.8 Å². The number of carbonyl (C=O) groups is 1. The second-order valence-electron chi connectivity index (χ2n) is 4.40. The fourth-order valence-corrected chi connectivity index (χ4v) is 2.00. The van der Waals surface area contributed by atoms with Crippen LogP contribution in [0.25, 0.3) is 0 Å². The van der Waals surface area contributed by atoms with Crippen LogP contribution < -0.4 is 10.1 Å². The number of hydrogen-bond donors (Lipinski definition) is 1. The molecule has 110 valence electrons. The molecule has 0 unspecified atom stereocenters. The van der Waals surface area contributed by atoms with Crippen molar-refractivity contribution in [1.82, 2.24) is 5.32 Å². The highest BCUT2D eigenvalue weighted by atomic mass is 35.5. The molecule has 0 bridgehead atoms. The standard InChI is InChI=1S/C16H15ClFNO2/c17-15-11-12(18)7-8-14(15)16(20)19-9-4-10-21-13-5-2-1-3-6-13/h1-3,5-8,11H,4,9-10H2,(H,19,20). The van der Waals surface area contributed by atoms with Crippen LogP contribution in [-0.4, -0.2) is 19.1 Å². The van der Waals surface area contributed by atoms with Gasteiger partial charge < -0.3 is 10.1 Å². The third-order valence-corrected chi connectivity index (χ3v) is 3.11. The molecule has 1 N–H and O–H groups in total. The number of para-hydroxylation sites is 1. The van der Waals surface area contributed by atoms with Gasteiger partial charge in [0.05, 0.1) is 17.2 Å². The minimum absolute atomic E-state index is 0.105. The molecular weight excluding hydrogens is 293 g/mol. The molecule has 1 amide bonds. The Morgan fingerprint density at radius 1 is 1.19 bits per heavy atom. The minimum atomic E-state index is -0.465. The second-order valence-corrected chi connectivity index (χ2v) is 4.80. The molecule has 0 aliphatic rings. The van der Waals surface area contributed by atoms with Crippen LogP contribution >= 0.6 is 11.6 Å². The summed E-state index contributed by atoms with van der Waals surface area (Å²) in [7, 11) is 0. The van der Waals surface area contributed by atoms with Gasteiger partial charge in [0.1, 0.15) is 11.6 Å². The fraction of sp³-hybridized carbons (Fsp3) is 0.188. The van der Waals surface area contributed by atoms with Gasteiger partial charge in [-0.25, -0.2) is 4.39 Å². The lowest BCUT2D eigenvalue weighted by Crippen LogP contribution is -2.25. The number of benzene rings is 2. The Labute approximate surface area is 127 Å². The summed E-state index contributed by atoms with van der Waals surface area (Å²) in [6.45, 7) is 0.959. The molecule has 2 aromatic rings. The van der Waals surface area contributed by atoms with Crippen molar-refractivity contribution in [2.75, 3.05) is 13.2 Å². The highest BCUT2D eigenvalue weighted by molar-refractivity contribution is 6.33. The van der Waals surface area contributed by atoms with Crippen molar-refractivity contribution in [3.8, 4) is 5.75 Å². The zero-order chi connectivity index (χ0) is 15.1. The van der Waals surface area contributed by atoms with Gasteiger partial charge in [0.15, 0.2) is 0 Å². The Balaban J connectivity index is 1.72. The van der Waals surface area contributed by atoms with Crippen molar-refractivity contribution in [1.29, 1.82) is 0 Å². The van der Waals surface area contributed by atoms with E-state index in [1.165, 1.54) is 12.1 Å². The van der Waals surface area contributed by atoms with Gasteiger partial charge in [0, 0.05) is 6.54 Å². The summed E-state index contributed by atoms with van der Waals surface area (Å²) in [5.74, 6) is 0.0120. The molecule has 0 aliphatic carbocycles. The van der Waals surface area contributed by atoms with E-state index in [2.05, 4.69) is 5.32 Å². The monoisotopic (exact) mass is 307 g/mol. The quantitative estimate of drug-likeness (QED) is 0.827. The Kier molecular flexibility index (Phi) is 5.58. The maximum absolute atomic E-state index is 12.9. The number of ether oxygens (including phenoxy) is 1. The Bertz CT molecular complexity index is 604. The van der Waals surface area contributed by atoms with Crippen LogP contribution in [-0.2, 0) is 0 Å². The molecule has 0 aliphatic heterocycles. The van der Waals surface area contributed by atoms with Crippen LogP contribution in [0.1, 0.15) is 16.8 Å². The van der Waals surface area contributed by atoms with Crippen molar-refractivity contribution in [3.05, 3.63) is 64.9 Å². The van der Waals surface area contributed by atoms with E-state index < -0.39 is 5.82 Å². The lowest BCUT2D eigenvalue weighted by Gasteiger charge is -2.08. The van der Waals surface area contributed by atoms with Crippen molar-refractivity contribution in [2.24, 2.45) is 0 Å². The lowest BCUT2D eigenvalue weighted by atomic mass is 10.2. The van der Waals surface area contributed by atoms with Crippen LogP contribution in [0.4, 0.5) is 4.39 Å². The normalized spacial score (nSPS) is 10.2. The van der Waals surface area contributed by atoms with Crippen molar-refractivity contribution in [2.45, 2.75) is 6.42 Å². The Morgan fingerprint density at radius 2 is 1.95 bits per heavy atom. The van der Waals surface area contributed by atoms with Gasteiger partial charge in [0.2, 0.25) is 0 Å². The van der Waals surface area contributed by atoms with E-state index in [0.29, 0.717) is 19.6 Å². The molecule has 2 aromatic carbocycles. The van der Waals surface area contributed by atoms with Crippen LogP contribution in [0.15, 0.2) is 48.5 Å². The molecule has 0 saturated heterocycles. The van der Waals surface area contributed by atoms with Gasteiger partial charge in [-0.15, -0.1) is 0 Å². The number of hydrogen-bond acceptors (Lipinski definition) is 2. The molecule has 0 fully saturated rings. The summed E-state index contributed by atoms with van der Waals surface area (Å²) in [4.78, 5) is 11.9. The minimum Gasteiger partial charge on any atom is -0.494 e. The van der Waals surface area contributed by atoms with Gasteiger partial charge >= 0.3 is 0 Å². The summed E-state index contributed by atoms with van der Waals surface area (Å²) in [5, 5.41) is 2.82. The molecule has 5 heteroatoms. The van der Waals surface area contributed by atoms with Gasteiger partial charge in [-0.3, -0.25) is 4.79 Å². The van der Waals surface area contributed by atoms with E-state index in [1.54, 1.807) is 0 Å². The first-order chi connectivity index (χ1) is 10.2. The summed E-state index contributed by atoms with van der Waals surface area (Å²) >= 11 is 5.82. The fourth-order valence-electron chi connectivity index (χ4n) is 1.75. The first-order valence-electron chi connectivity index (χ1n) is 6.58. The highest BCUT2D eigenvalue weighted by Crippen LogP contribution is 2.16. The van der Waals surface area contributed by atoms with Gasteiger partial charge in [0.25, 0.3) is 5.91 Å². The van der Waals surface area contributed by atoms with E-state index in [4.69, 9.17) is 16.3 Å². The Morgan fingerprint density at radius 3 is 2.67 bits per heavy atom. The van der Waals surface area contributed by atoms with Gasteiger partial charge in [-0.05, 0) is 36.8 Å². The summed E-state index contributed by atoms with van der Waals surface area (Å²) in [6, 6.07) is 13.1. The maximum atomic E-state index is 12.9. The van der Waals surface area contributed by atoms with E-state index in [-0.39, 0.29) is 16.5 Å². The molecule has 3 nitrogen and oxygen atoms in total. The summed E-state index contributed by atoms with van der Waals surface area (Å²) in [5.41, 5.74) is 0.266. The smallest absolute Gasteiger partial charge is 0.252 e. The van der Waals surface area contributed by atoms with E-state index in [9.17, 15) is 9.18 Å². The predicted molar refractivity (Wildman–Crippen MR) is 80.3 cm³/mol. The topological polar surface area (TPSA) is 38.3 Å². The zero-order valence-corrected chi connectivity index (χ0v) is 12.1. The molecule has 0 heterocycles. The number of carbonyl (C=O) groups excluding carboxylic acids is 1. The number of amides is 1. The molecular formula is C16H15ClFNO2. The number of nitrogens with one attached hydrogen (secondary N) is 1. The third-order valence-electron chi connectivity index (χ3n) is 2.79. The van der Waals surface area contributed by atoms with Crippen molar-refractivity contribution >= 4 is 17.5 Å². The number of rotatable bonds is 6. The highest BCUT2D eigenvalue weighted by Gasteiger charge is 2.10. The summed E-state index contributed by atoms with van der Waals surface area (Å²) < 4.78 is 18.4. The largest absolute Gasteiger partial charge is 0.494 e. The van der Waals surface area contributed by atoms with Crippen LogP contribution in [0.3, 0.4) is 0 Å². The first-order valence-corrected chi connectivity index (χ1v) is 6.96. The van der Waals surface area contributed by atoms with Crippen LogP contribution in [0.5, 0.6) is 5.75 Å². The summed E-state index contributed by atoms with van der Waals surface area (Å²) in [6.07, 6.45) is 0.666. The van der Waals surface area contributed by atoms with E-state index in [1.807, 2.05) is 30.3 Å². The van der Waals surface area contributed by atoms with Crippen molar-refractivity contribution < 1.29 is 13.9 Å². The third kappa shape index (κ3) is 4.76. The molecule has 0 spiro atoms. The molecule has 0 radical (unpaired) electrons. The SMILES string of the molecule is O=C(NCCCOc1ccccc1)c1ccc(F)cc1Cl.